The fourth-order valence-corrected chi connectivity index (χ4v) is 2.81. The molecule has 2 aliphatic rings. The number of nitrogens with one attached hydrogen (secondary N) is 2. The maximum Gasteiger partial charge on any atom is 0.326 e. The summed E-state index contributed by atoms with van der Waals surface area (Å²) < 4.78 is 0. The average molecular weight is 299 g/mol. The fourth-order valence-electron chi connectivity index (χ4n) is 2.81. The number of piperidine rings is 1. The predicted molar refractivity (Wildman–Crippen MR) is 68.4 cm³/mol. The number of fused-ring (bicyclic) bond motifs is 1. The van der Waals surface area contributed by atoms with Gasteiger partial charge >= 0.3 is 18.0 Å². The molecule has 116 valence electrons. The summed E-state index contributed by atoms with van der Waals surface area (Å²) in [6.45, 7) is 0.759. The lowest BCUT2D eigenvalue weighted by Gasteiger charge is -2.36. The van der Waals surface area contributed by atoms with Gasteiger partial charge in [-0.05, 0) is 12.8 Å². The Labute approximate surface area is 120 Å². The maximum atomic E-state index is 12.2. The third-order valence-electron chi connectivity index (χ3n) is 3.84. The van der Waals surface area contributed by atoms with Gasteiger partial charge < -0.3 is 25.7 Å². The fraction of sp³-hybridized carbons (Fsp3) is 0.667. The molecule has 0 aromatic carbocycles. The van der Waals surface area contributed by atoms with Crippen molar-refractivity contribution in [1.29, 1.82) is 0 Å². The van der Waals surface area contributed by atoms with E-state index in [9.17, 15) is 19.2 Å². The van der Waals surface area contributed by atoms with Crippen LogP contribution in [0.15, 0.2) is 0 Å². The van der Waals surface area contributed by atoms with Crippen LogP contribution >= 0.6 is 0 Å². The molecule has 0 aromatic heterocycles. The van der Waals surface area contributed by atoms with Gasteiger partial charge in [-0.1, -0.05) is 0 Å². The number of amides is 3. The number of carboxylic acid groups (broad SMARTS) is 2. The Balaban J connectivity index is 2.03. The molecule has 2 aliphatic heterocycles. The number of carbonyl (C=O) groups is 4. The van der Waals surface area contributed by atoms with Crippen LogP contribution in [0.3, 0.4) is 0 Å². The second-order valence-electron chi connectivity index (χ2n) is 5.19. The van der Waals surface area contributed by atoms with Crippen molar-refractivity contribution < 1.29 is 29.4 Å². The highest BCUT2D eigenvalue weighted by Gasteiger charge is 2.43. The molecule has 2 fully saturated rings. The number of aliphatic carboxylic acids is 2. The van der Waals surface area contributed by atoms with Crippen molar-refractivity contribution >= 4 is 23.9 Å². The first-order valence-corrected chi connectivity index (χ1v) is 6.69. The molecule has 3 amide bonds. The van der Waals surface area contributed by atoms with Crippen LogP contribution < -0.4 is 10.6 Å². The summed E-state index contributed by atoms with van der Waals surface area (Å²) in [5, 5.41) is 22.5. The van der Waals surface area contributed by atoms with Crippen LogP contribution in [0.5, 0.6) is 0 Å². The number of carboxylic acids is 2. The van der Waals surface area contributed by atoms with E-state index < -0.39 is 30.4 Å². The van der Waals surface area contributed by atoms with E-state index in [0.717, 1.165) is 0 Å². The number of carbonyl (C=O) groups excluding carboxylic acids is 2. The largest absolute Gasteiger partial charge is 0.481 e. The summed E-state index contributed by atoms with van der Waals surface area (Å²) in [4.78, 5) is 46.8. The van der Waals surface area contributed by atoms with Gasteiger partial charge in [-0.15, -0.1) is 0 Å². The van der Waals surface area contributed by atoms with Gasteiger partial charge in [0.2, 0.25) is 5.91 Å². The molecule has 0 radical (unpaired) electrons. The molecule has 0 aromatic rings. The minimum absolute atomic E-state index is 0.0992. The second-order valence-corrected chi connectivity index (χ2v) is 5.19. The lowest BCUT2D eigenvalue weighted by Crippen LogP contribution is -2.55. The molecule has 9 nitrogen and oxygen atoms in total. The van der Waals surface area contributed by atoms with Crippen LogP contribution in [0.2, 0.25) is 0 Å². The molecule has 2 heterocycles. The van der Waals surface area contributed by atoms with Gasteiger partial charge in [0, 0.05) is 13.1 Å². The quantitative estimate of drug-likeness (QED) is 0.516. The predicted octanol–water partition coefficient (Wildman–Crippen LogP) is -1.17. The van der Waals surface area contributed by atoms with Gasteiger partial charge in [0.1, 0.15) is 6.04 Å². The smallest absolute Gasteiger partial charge is 0.326 e. The van der Waals surface area contributed by atoms with Crippen molar-refractivity contribution in [2.24, 2.45) is 5.92 Å². The van der Waals surface area contributed by atoms with E-state index in [1.54, 1.807) is 0 Å². The lowest BCUT2D eigenvalue weighted by molar-refractivity contribution is -0.145. The number of hydrogen-bond acceptors (Lipinski definition) is 4. The zero-order valence-corrected chi connectivity index (χ0v) is 11.2. The molecule has 3 atom stereocenters. The van der Waals surface area contributed by atoms with E-state index in [2.05, 4.69) is 10.6 Å². The molecule has 0 saturated carbocycles. The molecule has 2 rings (SSSR count). The number of likely N-dealkylation sites (tertiary alicyclic amines) is 1. The minimum Gasteiger partial charge on any atom is -0.481 e. The Morgan fingerprint density at radius 3 is 2.71 bits per heavy atom. The molecule has 3 unspecified atom stereocenters. The summed E-state index contributed by atoms with van der Waals surface area (Å²) >= 11 is 0. The van der Waals surface area contributed by atoms with Crippen LogP contribution in [0, 0.1) is 5.92 Å². The average Bonchev–Trinajstić information content (AvgIpc) is 2.79. The third kappa shape index (κ3) is 3.23. The van der Waals surface area contributed by atoms with Gasteiger partial charge in [-0.25, -0.2) is 9.59 Å². The number of nitrogens with zero attached hydrogens (tertiary/aromatic N) is 1. The highest BCUT2D eigenvalue weighted by Crippen LogP contribution is 2.27. The molecule has 9 heteroatoms. The Morgan fingerprint density at radius 1 is 1.38 bits per heavy atom. The van der Waals surface area contributed by atoms with E-state index in [1.165, 1.54) is 4.90 Å². The Bertz CT molecular complexity index is 480. The van der Waals surface area contributed by atoms with Gasteiger partial charge in [0.05, 0.1) is 18.4 Å². The summed E-state index contributed by atoms with van der Waals surface area (Å²) in [6, 6.07) is -2.43. The summed E-state index contributed by atoms with van der Waals surface area (Å²) in [5.41, 5.74) is 0. The van der Waals surface area contributed by atoms with Gasteiger partial charge in [-0.2, -0.15) is 0 Å². The van der Waals surface area contributed by atoms with E-state index in [1.807, 2.05) is 0 Å². The highest BCUT2D eigenvalue weighted by molar-refractivity contribution is 5.88. The number of rotatable bonds is 4. The molecule has 2 saturated heterocycles. The first kappa shape index (κ1) is 15.1. The van der Waals surface area contributed by atoms with E-state index in [-0.39, 0.29) is 17.9 Å². The normalized spacial score (nSPS) is 25.7. The van der Waals surface area contributed by atoms with E-state index in [0.29, 0.717) is 25.9 Å². The molecule has 0 aliphatic carbocycles. The van der Waals surface area contributed by atoms with Crippen molar-refractivity contribution in [3.05, 3.63) is 0 Å². The Kier molecular flexibility index (Phi) is 4.29. The standard InChI is InChI=1S/C12H17N3O6/c16-9(17)4-7(11(19)20)14-12(21)15-3-1-2-6-8(15)5-13-10(6)18/h6-8H,1-5H2,(H,13,18)(H,14,21)(H,16,17)(H,19,20). The zero-order chi connectivity index (χ0) is 15.6. The van der Waals surface area contributed by atoms with Crippen LogP contribution in [0.1, 0.15) is 19.3 Å². The Morgan fingerprint density at radius 2 is 2.10 bits per heavy atom. The Hall–Kier alpha value is -2.32. The van der Waals surface area contributed by atoms with Crippen molar-refractivity contribution in [2.45, 2.75) is 31.3 Å². The monoisotopic (exact) mass is 299 g/mol. The van der Waals surface area contributed by atoms with E-state index in [4.69, 9.17) is 10.2 Å². The lowest BCUT2D eigenvalue weighted by atomic mass is 9.92. The molecule has 4 N–H and O–H groups in total. The summed E-state index contributed by atoms with van der Waals surface area (Å²) in [7, 11) is 0. The van der Waals surface area contributed by atoms with Crippen LogP contribution in [-0.4, -0.2) is 64.2 Å². The molecular formula is C12H17N3O6. The minimum atomic E-state index is -1.49. The van der Waals surface area contributed by atoms with Crippen LogP contribution in [-0.2, 0) is 14.4 Å². The van der Waals surface area contributed by atoms with Gasteiger partial charge in [-0.3, -0.25) is 9.59 Å². The van der Waals surface area contributed by atoms with Crippen LogP contribution in [0.25, 0.3) is 0 Å². The van der Waals surface area contributed by atoms with Crippen LogP contribution in [0.4, 0.5) is 4.79 Å². The zero-order valence-electron chi connectivity index (χ0n) is 11.2. The van der Waals surface area contributed by atoms with E-state index >= 15 is 0 Å². The van der Waals surface area contributed by atoms with Crippen molar-refractivity contribution in [2.75, 3.05) is 13.1 Å². The summed E-state index contributed by atoms with van der Waals surface area (Å²) in [5.74, 6) is -3.08. The first-order valence-electron chi connectivity index (χ1n) is 6.69. The van der Waals surface area contributed by atoms with Crippen molar-refractivity contribution in [1.82, 2.24) is 15.5 Å². The first-order chi connectivity index (χ1) is 9.90. The molecular weight excluding hydrogens is 282 g/mol. The van der Waals surface area contributed by atoms with Gasteiger partial charge in [0.25, 0.3) is 0 Å². The SMILES string of the molecule is O=C(O)CC(NC(=O)N1CCCC2C(=O)NCC21)C(=O)O. The molecule has 0 bridgehead atoms. The van der Waals surface area contributed by atoms with Gasteiger partial charge in [0.15, 0.2) is 0 Å². The molecule has 21 heavy (non-hydrogen) atoms. The number of hydrogen-bond donors (Lipinski definition) is 4. The number of urea groups is 1. The van der Waals surface area contributed by atoms with Crippen molar-refractivity contribution in [3.8, 4) is 0 Å². The summed E-state index contributed by atoms with van der Waals surface area (Å²) in [6.07, 6.45) is 0.649. The topological polar surface area (TPSA) is 136 Å². The maximum absolute atomic E-state index is 12.2. The molecule has 0 spiro atoms. The second kappa shape index (κ2) is 5.98. The highest BCUT2D eigenvalue weighted by atomic mass is 16.4. The van der Waals surface area contributed by atoms with Crippen molar-refractivity contribution in [3.63, 3.8) is 0 Å². The third-order valence-corrected chi connectivity index (χ3v) is 3.84.